The summed E-state index contributed by atoms with van der Waals surface area (Å²) < 4.78 is 32.2. The molecule has 1 aromatic rings. The van der Waals surface area contributed by atoms with Gasteiger partial charge in [-0.05, 0) is 55.9 Å². The highest BCUT2D eigenvalue weighted by molar-refractivity contribution is 7.89. The van der Waals surface area contributed by atoms with Gasteiger partial charge in [0.1, 0.15) is 0 Å². The van der Waals surface area contributed by atoms with Crippen LogP contribution in [-0.2, 0) is 14.8 Å². The number of fused-ring (bicyclic) bond motifs is 1. The number of carbonyl (C=O) groups excluding carboxylic acids is 1. The van der Waals surface area contributed by atoms with E-state index in [0.29, 0.717) is 24.6 Å². The molecule has 3 rings (SSSR count). The first-order valence-corrected chi connectivity index (χ1v) is 9.90. The van der Waals surface area contributed by atoms with Crippen molar-refractivity contribution in [2.75, 3.05) is 19.7 Å². The van der Waals surface area contributed by atoms with Crippen molar-refractivity contribution < 1.29 is 17.9 Å². The molecule has 0 spiro atoms. The van der Waals surface area contributed by atoms with Crippen LogP contribution in [0.4, 0.5) is 0 Å². The van der Waals surface area contributed by atoms with Crippen molar-refractivity contribution in [1.29, 1.82) is 0 Å². The molecule has 3 atom stereocenters. The van der Waals surface area contributed by atoms with Gasteiger partial charge in [-0.3, -0.25) is 0 Å². The number of esters is 1. The number of nitrogens with zero attached hydrogens (tertiary/aromatic N) is 1. The maximum absolute atomic E-state index is 12.9. The normalized spacial score (nSPS) is 27.7. The van der Waals surface area contributed by atoms with Gasteiger partial charge in [0.2, 0.25) is 10.0 Å². The molecule has 6 nitrogen and oxygen atoms in total. The lowest BCUT2D eigenvalue weighted by Crippen LogP contribution is -2.38. The van der Waals surface area contributed by atoms with E-state index < -0.39 is 16.0 Å². The van der Waals surface area contributed by atoms with Crippen LogP contribution >= 0.6 is 0 Å². The predicted octanol–water partition coefficient (Wildman–Crippen LogP) is 1.61. The first-order chi connectivity index (χ1) is 11.4. The molecule has 1 heterocycles. The highest BCUT2D eigenvalue weighted by Gasteiger charge is 2.43. The fourth-order valence-corrected chi connectivity index (χ4v) is 5.33. The fourth-order valence-electron chi connectivity index (χ4n) is 3.80. The third-order valence-electron chi connectivity index (χ3n) is 5.12. The zero-order valence-electron chi connectivity index (χ0n) is 13.8. The molecule has 1 aromatic carbocycles. The molecule has 3 unspecified atom stereocenters. The number of rotatable bonds is 4. The molecule has 7 heteroatoms. The van der Waals surface area contributed by atoms with Gasteiger partial charge in [-0.15, -0.1) is 0 Å². The van der Waals surface area contributed by atoms with Crippen LogP contribution in [0.1, 0.15) is 36.5 Å². The minimum Gasteiger partial charge on any atom is -0.462 e. The zero-order valence-corrected chi connectivity index (χ0v) is 14.7. The quantitative estimate of drug-likeness (QED) is 0.832. The minimum atomic E-state index is -3.55. The Morgan fingerprint density at radius 1 is 1.25 bits per heavy atom. The van der Waals surface area contributed by atoms with Crippen LogP contribution in [0.5, 0.6) is 0 Å². The van der Waals surface area contributed by atoms with Crippen molar-refractivity contribution >= 4 is 16.0 Å². The van der Waals surface area contributed by atoms with Gasteiger partial charge in [0, 0.05) is 19.1 Å². The molecule has 1 aliphatic carbocycles. The highest BCUT2D eigenvalue weighted by atomic mass is 32.2. The summed E-state index contributed by atoms with van der Waals surface area (Å²) in [5.74, 6) is 0.175. The maximum Gasteiger partial charge on any atom is 0.338 e. The number of carbonyl (C=O) groups is 1. The van der Waals surface area contributed by atoms with Gasteiger partial charge >= 0.3 is 5.97 Å². The predicted molar refractivity (Wildman–Crippen MR) is 90.0 cm³/mol. The van der Waals surface area contributed by atoms with E-state index in [-0.39, 0.29) is 23.5 Å². The van der Waals surface area contributed by atoms with E-state index in [9.17, 15) is 13.2 Å². The molecular formula is C17H24N2O4S. The van der Waals surface area contributed by atoms with Gasteiger partial charge in [0.15, 0.2) is 0 Å². The van der Waals surface area contributed by atoms with Crippen LogP contribution in [0.2, 0.25) is 0 Å². The first kappa shape index (κ1) is 17.4. The van der Waals surface area contributed by atoms with Crippen molar-refractivity contribution in [3.8, 4) is 0 Å². The number of nitrogens with two attached hydrogens (primary N) is 1. The lowest BCUT2D eigenvalue weighted by Gasteiger charge is -2.29. The number of sulfonamides is 1. The second-order valence-electron chi connectivity index (χ2n) is 6.59. The van der Waals surface area contributed by atoms with Crippen LogP contribution < -0.4 is 5.73 Å². The molecule has 2 N–H and O–H groups in total. The summed E-state index contributed by atoms with van der Waals surface area (Å²) in [5, 5.41) is 0. The Kier molecular flexibility index (Phi) is 4.94. The van der Waals surface area contributed by atoms with Crippen LogP contribution in [-0.4, -0.2) is 44.4 Å². The Labute approximate surface area is 143 Å². The molecule has 1 aliphatic heterocycles. The molecule has 0 radical (unpaired) electrons. The largest absolute Gasteiger partial charge is 0.462 e. The van der Waals surface area contributed by atoms with Crippen LogP contribution in [0.25, 0.3) is 0 Å². The Bertz CT molecular complexity index is 702. The third kappa shape index (κ3) is 3.20. The minimum absolute atomic E-state index is 0.0927. The molecule has 0 aromatic heterocycles. The van der Waals surface area contributed by atoms with E-state index in [0.717, 1.165) is 19.3 Å². The zero-order chi connectivity index (χ0) is 17.3. The summed E-state index contributed by atoms with van der Waals surface area (Å²) in [4.78, 5) is 11.9. The molecular weight excluding hydrogens is 328 g/mol. The number of ether oxygens (including phenoxy) is 1. The van der Waals surface area contributed by atoms with Gasteiger partial charge in [-0.25, -0.2) is 13.2 Å². The number of hydrogen-bond donors (Lipinski definition) is 1. The average Bonchev–Trinajstić information content (AvgIpc) is 3.02. The Hall–Kier alpha value is -1.44. The SMILES string of the molecule is CCOC(=O)c1ccc(S(=O)(=O)N2CC3CCCC(N)C3C2)cc1. The van der Waals surface area contributed by atoms with Crippen molar-refractivity contribution in [2.24, 2.45) is 17.6 Å². The summed E-state index contributed by atoms with van der Waals surface area (Å²) in [7, 11) is -3.55. The van der Waals surface area contributed by atoms with Gasteiger partial charge in [0.25, 0.3) is 0 Å². The lowest BCUT2D eigenvalue weighted by atomic mass is 9.78. The van der Waals surface area contributed by atoms with Crippen molar-refractivity contribution in [3.63, 3.8) is 0 Å². The number of benzene rings is 1. The van der Waals surface area contributed by atoms with E-state index in [4.69, 9.17) is 10.5 Å². The van der Waals surface area contributed by atoms with Crippen molar-refractivity contribution in [3.05, 3.63) is 29.8 Å². The summed E-state index contributed by atoms with van der Waals surface area (Å²) >= 11 is 0. The van der Waals surface area contributed by atoms with Crippen LogP contribution in [0, 0.1) is 11.8 Å². The van der Waals surface area contributed by atoms with E-state index in [1.54, 1.807) is 11.2 Å². The topological polar surface area (TPSA) is 89.7 Å². The Morgan fingerprint density at radius 2 is 1.96 bits per heavy atom. The molecule has 0 bridgehead atoms. The van der Waals surface area contributed by atoms with E-state index in [1.165, 1.54) is 24.3 Å². The standard InChI is InChI=1S/C17H24N2O4S/c1-2-23-17(20)12-6-8-14(9-7-12)24(21,22)19-10-13-4-3-5-16(18)15(13)11-19/h6-9,13,15-16H,2-5,10-11,18H2,1H3. The van der Waals surface area contributed by atoms with Crippen LogP contribution in [0.3, 0.4) is 0 Å². The Balaban J connectivity index is 1.77. The van der Waals surface area contributed by atoms with E-state index >= 15 is 0 Å². The molecule has 0 amide bonds. The highest BCUT2D eigenvalue weighted by Crippen LogP contribution is 2.37. The van der Waals surface area contributed by atoms with Crippen molar-refractivity contribution in [1.82, 2.24) is 4.31 Å². The fraction of sp³-hybridized carbons (Fsp3) is 0.588. The van der Waals surface area contributed by atoms with E-state index in [2.05, 4.69) is 0 Å². The van der Waals surface area contributed by atoms with Crippen LogP contribution in [0.15, 0.2) is 29.2 Å². The summed E-state index contributed by atoms with van der Waals surface area (Å²) in [6.45, 7) is 3.05. The third-order valence-corrected chi connectivity index (χ3v) is 6.97. The maximum atomic E-state index is 12.9. The molecule has 24 heavy (non-hydrogen) atoms. The average molecular weight is 352 g/mol. The smallest absolute Gasteiger partial charge is 0.338 e. The summed E-state index contributed by atoms with van der Waals surface area (Å²) in [6.07, 6.45) is 3.10. The van der Waals surface area contributed by atoms with Crippen molar-refractivity contribution in [2.45, 2.75) is 37.1 Å². The second kappa shape index (κ2) is 6.82. The van der Waals surface area contributed by atoms with Gasteiger partial charge in [-0.1, -0.05) is 6.42 Å². The molecule has 132 valence electrons. The van der Waals surface area contributed by atoms with Gasteiger partial charge in [-0.2, -0.15) is 4.31 Å². The van der Waals surface area contributed by atoms with Gasteiger partial charge < -0.3 is 10.5 Å². The van der Waals surface area contributed by atoms with E-state index in [1.807, 2.05) is 0 Å². The Morgan fingerprint density at radius 3 is 2.58 bits per heavy atom. The number of hydrogen-bond acceptors (Lipinski definition) is 5. The first-order valence-electron chi connectivity index (χ1n) is 8.46. The second-order valence-corrected chi connectivity index (χ2v) is 8.52. The summed E-state index contributed by atoms with van der Waals surface area (Å²) in [6, 6.07) is 6.04. The lowest BCUT2D eigenvalue weighted by molar-refractivity contribution is 0.0526. The molecule has 1 saturated carbocycles. The molecule has 2 aliphatic rings. The monoisotopic (exact) mass is 352 g/mol. The van der Waals surface area contributed by atoms with Gasteiger partial charge in [0.05, 0.1) is 17.1 Å². The molecule has 1 saturated heterocycles. The summed E-state index contributed by atoms with van der Waals surface area (Å²) in [5.41, 5.74) is 6.53. The molecule has 2 fully saturated rings.